The van der Waals surface area contributed by atoms with Crippen molar-refractivity contribution in [1.82, 2.24) is 10.5 Å². The zero-order chi connectivity index (χ0) is 16.2. The predicted octanol–water partition coefficient (Wildman–Crippen LogP) is 2.71. The van der Waals surface area contributed by atoms with E-state index in [1.165, 1.54) is 0 Å². The molecule has 6 nitrogen and oxygen atoms in total. The number of urea groups is 1. The minimum Gasteiger partial charge on any atom is -0.392 e. The lowest BCUT2D eigenvalue weighted by molar-refractivity contribution is 0.0154. The summed E-state index contributed by atoms with van der Waals surface area (Å²) in [5, 5.41) is 19.6. The van der Waals surface area contributed by atoms with E-state index in [4.69, 9.17) is 4.52 Å². The van der Waals surface area contributed by atoms with E-state index in [1.54, 1.807) is 6.92 Å². The first-order valence-corrected chi connectivity index (χ1v) is 7.37. The van der Waals surface area contributed by atoms with E-state index < -0.39 is 11.5 Å². The summed E-state index contributed by atoms with van der Waals surface area (Å²) in [6.07, 6.45) is 0.176. The molecule has 0 spiro atoms. The van der Waals surface area contributed by atoms with Gasteiger partial charge >= 0.3 is 6.03 Å². The van der Waals surface area contributed by atoms with Gasteiger partial charge in [-0.15, -0.1) is 0 Å². The minimum absolute atomic E-state index is 0.136. The molecule has 1 atom stereocenters. The molecular formula is C15H27N3O3. The average Bonchev–Trinajstić information content (AvgIpc) is 2.76. The first-order chi connectivity index (χ1) is 9.69. The quantitative estimate of drug-likeness (QED) is 0.753. The molecule has 3 N–H and O–H groups in total. The van der Waals surface area contributed by atoms with E-state index in [-0.39, 0.29) is 11.9 Å². The molecule has 0 aliphatic rings. The predicted molar refractivity (Wildman–Crippen MR) is 82.3 cm³/mol. The molecule has 0 aliphatic carbocycles. The number of aliphatic hydroxyl groups is 1. The Morgan fingerprint density at radius 3 is 2.57 bits per heavy atom. The van der Waals surface area contributed by atoms with Gasteiger partial charge in [-0.3, -0.25) is 0 Å². The Bertz CT molecular complexity index is 481. The smallest absolute Gasteiger partial charge is 0.319 e. The lowest BCUT2D eigenvalue weighted by atomic mass is 9.81. The number of hydrogen-bond donors (Lipinski definition) is 3. The summed E-state index contributed by atoms with van der Waals surface area (Å²) < 4.78 is 5.13. The summed E-state index contributed by atoms with van der Waals surface area (Å²) >= 11 is 0. The molecule has 0 aromatic carbocycles. The average molecular weight is 297 g/mol. The van der Waals surface area contributed by atoms with E-state index in [9.17, 15) is 9.90 Å². The fourth-order valence-corrected chi connectivity index (χ4v) is 2.29. The molecule has 0 bridgehead atoms. The van der Waals surface area contributed by atoms with Crippen molar-refractivity contribution in [1.29, 1.82) is 0 Å². The monoisotopic (exact) mass is 297 g/mol. The summed E-state index contributed by atoms with van der Waals surface area (Å²) in [4.78, 5) is 12.0. The number of hydrogen-bond acceptors (Lipinski definition) is 4. The van der Waals surface area contributed by atoms with Crippen LogP contribution in [0, 0.1) is 18.3 Å². The summed E-state index contributed by atoms with van der Waals surface area (Å²) in [6, 6.07) is -0.319. The second-order valence-electron chi connectivity index (χ2n) is 6.40. The highest BCUT2D eigenvalue weighted by Gasteiger charge is 2.30. The van der Waals surface area contributed by atoms with E-state index in [0.29, 0.717) is 30.1 Å². The standard InChI is InChI=1S/C15H27N3O3/c1-7-11-12(10(4)18-21-11)17-14(20)16-8-15(5,6)13(19)9(2)3/h9,13,19H,7-8H2,1-6H3,(H2,16,17,20). The van der Waals surface area contributed by atoms with Crippen molar-refractivity contribution in [3.05, 3.63) is 11.5 Å². The van der Waals surface area contributed by atoms with Crippen LogP contribution in [0.1, 0.15) is 46.1 Å². The Balaban J connectivity index is 2.60. The van der Waals surface area contributed by atoms with Gasteiger partial charge < -0.3 is 20.3 Å². The fourth-order valence-electron chi connectivity index (χ4n) is 2.29. The van der Waals surface area contributed by atoms with Gasteiger partial charge in [-0.25, -0.2) is 4.79 Å². The van der Waals surface area contributed by atoms with Crippen LogP contribution >= 0.6 is 0 Å². The molecule has 2 amide bonds. The maximum Gasteiger partial charge on any atom is 0.319 e. The molecule has 6 heteroatoms. The molecule has 0 radical (unpaired) electrons. The lowest BCUT2D eigenvalue weighted by Crippen LogP contribution is -2.44. The number of aryl methyl sites for hydroxylation is 2. The summed E-state index contributed by atoms with van der Waals surface area (Å²) in [7, 11) is 0. The normalized spacial score (nSPS) is 13.3. The fraction of sp³-hybridized carbons (Fsp3) is 0.733. The Morgan fingerprint density at radius 2 is 2.05 bits per heavy atom. The Kier molecular flexibility index (Phi) is 5.78. The summed E-state index contributed by atoms with van der Waals surface area (Å²) in [5.41, 5.74) is 0.878. The number of nitrogens with one attached hydrogen (secondary N) is 2. The van der Waals surface area contributed by atoms with Crippen molar-refractivity contribution >= 4 is 11.7 Å². The Morgan fingerprint density at radius 1 is 1.43 bits per heavy atom. The molecule has 1 aromatic heterocycles. The van der Waals surface area contributed by atoms with Crippen LogP contribution in [0.25, 0.3) is 0 Å². The van der Waals surface area contributed by atoms with Crippen LogP contribution in [0.5, 0.6) is 0 Å². The number of carbonyl (C=O) groups excluding carboxylic acids is 1. The minimum atomic E-state index is -0.485. The van der Waals surface area contributed by atoms with Gasteiger partial charge in [0.15, 0.2) is 5.76 Å². The Labute approximate surface area is 126 Å². The molecular weight excluding hydrogens is 270 g/mol. The molecule has 1 heterocycles. The van der Waals surface area contributed by atoms with Gasteiger partial charge in [0.2, 0.25) is 0 Å². The highest BCUT2D eigenvalue weighted by Crippen LogP contribution is 2.25. The topological polar surface area (TPSA) is 87.4 Å². The van der Waals surface area contributed by atoms with Crippen molar-refractivity contribution < 1.29 is 14.4 Å². The molecule has 120 valence electrons. The SMILES string of the molecule is CCc1onc(C)c1NC(=O)NCC(C)(C)C(O)C(C)C. The van der Waals surface area contributed by atoms with Crippen molar-refractivity contribution in [3.63, 3.8) is 0 Å². The van der Waals surface area contributed by atoms with Crippen molar-refractivity contribution in [2.45, 2.75) is 54.1 Å². The third kappa shape index (κ3) is 4.46. The second-order valence-corrected chi connectivity index (χ2v) is 6.40. The van der Waals surface area contributed by atoms with Crippen LogP contribution in [0.4, 0.5) is 10.5 Å². The van der Waals surface area contributed by atoms with Crippen LogP contribution in [-0.4, -0.2) is 28.9 Å². The maximum atomic E-state index is 12.0. The first-order valence-electron chi connectivity index (χ1n) is 7.37. The zero-order valence-electron chi connectivity index (χ0n) is 13.8. The summed E-state index contributed by atoms with van der Waals surface area (Å²) in [5.74, 6) is 0.793. The second kappa shape index (κ2) is 6.93. The zero-order valence-corrected chi connectivity index (χ0v) is 13.8. The molecule has 1 rings (SSSR count). The van der Waals surface area contributed by atoms with Crippen LogP contribution in [0.3, 0.4) is 0 Å². The summed E-state index contributed by atoms with van der Waals surface area (Å²) in [6.45, 7) is 11.9. The number of amides is 2. The number of aliphatic hydroxyl groups excluding tert-OH is 1. The Hall–Kier alpha value is -1.56. The van der Waals surface area contributed by atoms with Crippen LogP contribution in [0.15, 0.2) is 4.52 Å². The highest BCUT2D eigenvalue weighted by atomic mass is 16.5. The highest BCUT2D eigenvalue weighted by molar-refractivity contribution is 5.90. The van der Waals surface area contributed by atoms with Crippen LogP contribution < -0.4 is 10.6 Å². The van der Waals surface area contributed by atoms with Gasteiger partial charge in [-0.05, 0) is 12.8 Å². The van der Waals surface area contributed by atoms with Crippen molar-refractivity contribution in [3.8, 4) is 0 Å². The third-order valence-corrected chi connectivity index (χ3v) is 3.63. The van der Waals surface area contributed by atoms with E-state index in [2.05, 4.69) is 15.8 Å². The number of carbonyl (C=O) groups is 1. The number of anilines is 1. The molecule has 1 aromatic rings. The maximum absolute atomic E-state index is 12.0. The molecule has 0 saturated heterocycles. The van der Waals surface area contributed by atoms with Crippen molar-refractivity contribution in [2.24, 2.45) is 11.3 Å². The lowest BCUT2D eigenvalue weighted by Gasteiger charge is -2.33. The van der Waals surface area contributed by atoms with Gasteiger partial charge in [0.1, 0.15) is 11.4 Å². The number of aromatic nitrogens is 1. The van der Waals surface area contributed by atoms with E-state index in [0.717, 1.165) is 0 Å². The third-order valence-electron chi connectivity index (χ3n) is 3.63. The van der Waals surface area contributed by atoms with E-state index >= 15 is 0 Å². The number of rotatable bonds is 6. The van der Waals surface area contributed by atoms with Gasteiger partial charge in [-0.2, -0.15) is 0 Å². The largest absolute Gasteiger partial charge is 0.392 e. The van der Waals surface area contributed by atoms with Gasteiger partial charge in [-0.1, -0.05) is 39.8 Å². The first kappa shape index (κ1) is 17.5. The molecule has 0 saturated carbocycles. The van der Waals surface area contributed by atoms with Crippen LogP contribution in [-0.2, 0) is 6.42 Å². The molecule has 0 aliphatic heterocycles. The van der Waals surface area contributed by atoms with E-state index in [1.807, 2.05) is 34.6 Å². The number of nitrogens with zero attached hydrogens (tertiary/aromatic N) is 1. The van der Waals surface area contributed by atoms with Gasteiger partial charge in [0.05, 0.1) is 6.10 Å². The molecule has 21 heavy (non-hydrogen) atoms. The van der Waals surface area contributed by atoms with Gasteiger partial charge in [0, 0.05) is 18.4 Å². The van der Waals surface area contributed by atoms with Crippen molar-refractivity contribution in [2.75, 3.05) is 11.9 Å². The van der Waals surface area contributed by atoms with Gasteiger partial charge in [0.25, 0.3) is 0 Å². The molecule has 0 fully saturated rings. The molecule has 1 unspecified atom stereocenters. The van der Waals surface area contributed by atoms with Crippen LogP contribution in [0.2, 0.25) is 0 Å².